The highest BCUT2D eigenvalue weighted by Gasteiger charge is 2.41. The molecule has 0 bridgehead atoms. The zero-order valence-corrected chi connectivity index (χ0v) is 11.5. The number of halogens is 3. The van der Waals surface area contributed by atoms with E-state index >= 15 is 0 Å². The second-order valence-electron chi connectivity index (χ2n) is 4.89. The van der Waals surface area contributed by atoms with Crippen molar-refractivity contribution in [2.24, 2.45) is 11.1 Å². The molecule has 0 amide bonds. The molecule has 0 spiro atoms. The smallest absolute Gasteiger partial charge is 0.388 e. The zero-order chi connectivity index (χ0) is 14.8. The van der Waals surface area contributed by atoms with Crippen molar-refractivity contribution in [1.82, 2.24) is 0 Å². The molecule has 3 N–H and O–H groups in total. The van der Waals surface area contributed by atoms with E-state index in [9.17, 15) is 18.3 Å². The highest BCUT2D eigenvalue weighted by atomic mass is 32.2. The molecule has 2 unspecified atom stereocenters. The van der Waals surface area contributed by atoms with Gasteiger partial charge in [0.25, 0.3) is 0 Å². The Labute approximate surface area is 119 Å². The summed E-state index contributed by atoms with van der Waals surface area (Å²) >= 11 is -0.173. The molecule has 20 heavy (non-hydrogen) atoms. The molecule has 1 saturated heterocycles. The molecule has 1 heterocycles. The van der Waals surface area contributed by atoms with Crippen LogP contribution in [0.15, 0.2) is 29.2 Å². The van der Waals surface area contributed by atoms with Gasteiger partial charge in [-0.15, -0.1) is 0 Å². The van der Waals surface area contributed by atoms with Crippen LogP contribution in [0.3, 0.4) is 0 Å². The number of aliphatic hydroxyl groups is 1. The van der Waals surface area contributed by atoms with Crippen LogP contribution >= 0.6 is 11.8 Å². The van der Waals surface area contributed by atoms with E-state index in [0.717, 1.165) is 0 Å². The van der Waals surface area contributed by atoms with E-state index in [2.05, 4.69) is 0 Å². The average Bonchev–Trinajstić information content (AvgIpc) is 2.87. The van der Waals surface area contributed by atoms with Crippen LogP contribution in [0.2, 0.25) is 0 Å². The standard InChI is InChI=1S/C13H16F3NO2S/c14-13(15,16)20-10-3-1-9(2-4-10)11(18)12(7-17)5-6-19-8-12/h1-4,11,18H,5-8,17H2. The Bertz CT molecular complexity index is 444. The van der Waals surface area contributed by atoms with E-state index in [-0.39, 0.29) is 23.2 Å². The number of hydrogen-bond donors (Lipinski definition) is 2. The van der Waals surface area contributed by atoms with Gasteiger partial charge in [0.1, 0.15) is 0 Å². The van der Waals surface area contributed by atoms with Crippen molar-refractivity contribution < 1.29 is 23.0 Å². The van der Waals surface area contributed by atoms with Crippen molar-refractivity contribution >= 4 is 11.8 Å². The first kappa shape index (κ1) is 15.6. The van der Waals surface area contributed by atoms with Gasteiger partial charge in [0.15, 0.2) is 0 Å². The topological polar surface area (TPSA) is 55.5 Å². The minimum atomic E-state index is -4.31. The molecule has 0 aromatic heterocycles. The molecule has 1 aromatic rings. The van der Waals surface area contributed by atoms with E-state index in [0.29, 0.717) is 25.2 Å². The van der Waals surface area contributed by atoms with Crippen molar-refractivity contribution in [2.45, 2.75) is 22.9 Å². The van der Waals surface area contributed by atoms with Gasteiger partial charge in [0.05, 0.1) is 12.7 Å². The maximum atomic E-state index is 12.2. The maximum absolute atomic E-state index is 12.2. The fourth-order valence-electron chi connectivity index (χ4n) is 2.32. The summed E-state index contributed by atoms with van der Waals surface area (Å²) in [5.41, 5.74) is 1.44. The summed E-state index contributed by atoms with van der Waals surface area (Å²) < 4.78 is 42.0. The Hall–Kier alpha value is -0.760. The Morgan fingerprint density at radius 1 is 1.35 bits per heavy atom. The minimum absolute atomic E-state index is 0.0953. The number of alkyl halides is 3. The van der Waals surface area contributed by atoms with Gasteiger partial charge in [-0.2, -0.15) is 13.2 Å². The lowest BCUT2D eigenvalue weighted by Crippen LogP contribution is -2.37. The van der Waals surface area contributed by atoms with E-state index in [1.165, 1.54) is 24.3 Å². The summed E-state index contributed by atoms with van der Waals surface area (Å²) in [6.07, 6.45) is -0.191. The average molecular weight is 307 g/mol. The maximum Gasteiger partial charge on any atom is 0.446 e. The molecule has 112 valence electrons. The molecule has 1 aromatic carbocycles. The normalized spacial score (nSPS) is 24.9. The Balaban J connectivity index is 2.13. The fourth-order valence-corrected chi connectivity index (χ4v) is 2.86. The van der Waals surface area contributed by atoms with Crippen LogP contribution in [0.25, 0.3) is 0 Å². The second kappa shape index (κ2) is 5.93. The van der Waals surface area contributed by atoms with Gasteiger partial charge >= 0.3 is 5.51 Å². The number of hydrogen-bond acceptors (Lipinski definition) is 4. The molecular weight excluding hydrogens is 291 g/mol. The lowest BCUT2D eigenvalue weighted by Gasteiger charge is -2.31. The molecule has 7 heteroatoms. The van der Waals surface area contributed by atoms with Crippen molar-refractivity contribution in [3.63, 3.8) is 0 Å². The van der Waals surface area contributed by atoms with E-state index in [1.807, 2.05) is 0 Å². The van der Waals surface area contributed by atoms with Gasteiger partial charge in [-0.05, 0) is 35.9 Å². The van der Waals surface area contributed by atoms with Crippen LogP contribution in [0.4, 0.5) is 13.2 Å². The SMILES string of the molecule is NCC1(C(O)c2ccc(SC(F)(F)F)cc2)CCOC1. The Kier molecular flexibility index (Phi) is 4.63. The second-order valence-corrected chi connectivity index (χ2v) is 6.03. The number of ether oxygens (including phenoxy) is 1. The molecule has 0 aliphatic carbocycles. The van der Waals surface area contributed by atoms with Crippen LogP contribution in [0, 0.1) is 5.41 Å². The molecule has 1 aliphatic heterocycles. The van der Waals surface area contributed by atoms with Crippen LogP contribution in [-0.4, -0.2) is 30.4 Å². The lowest BCUT2D eigenvalue weighted by molar-refractivity contribution is -0.0328. The van der Waals surface area contributed by atoms with Gasteiger partial charge in [0.2, 0.25) is 0 Å². The highest BCUT2D eigenvalue weighted by Crippen LogP contribution is 2.41. The first-order valence-electron chi connectivity index (χ1n) is 6.18. The summed E-state index contributed by atoms with van der Waals surface area (Å²) in [6.45, 7) is 1.17. The molecule has 2 rings (SSSR count). The molecule has 0 radical (unpaired) electrons. The van der Waals surface area contributed by atoms with Crippen LogP contribution in [-0.2, 0) is 4.74 Å². The first-order valence-corrected chi connectivity index (χ1v) is 6.99. The number of nitrogens with two attached hydrogens (primary N) is 1. The predicted octanol–water partition coefficient (Wildman–Crippen LogP) is 2.70. The number of benzene rings is 1. The fraction of sp³-hybridized carbons (Fsp3) is 0.538. The van der Waals surface area contributed by atoms with Crippen molar-refractivity contribution in [1.29, 1.82) is 0 Å². The first-order chi connectivity index (χ1) is 9.36. The summed E-state index contributed by atoms with van der Waals surface area (Å²) in [5, 5.41) is 10.4. The third-order valence-corrected chi connectivity index (χ3v) is 4.29. The summed E-state index contributed by atoms with van der Waals surface area (Å²) in [6, 6.07) is 5.73. The van der Waals surface area contributed by atoms with E-state index < -0.39 is 17.0 Å². The number of rotatable bonds is 4. The third-order valence-electron chi connectivity index (χ3n) is 3.55. The monoisotopic (exact) mass is 307 g/mol. The molecule has 3 nitrogen and oxygen atoms in total. The molecule has 2 atom stereocenters. The molecular formula is C13H16F3NO2S. The number of thioether (sulfide) groups is 1. The largest absolute Gasteiger partial charge is 0.446 e. The summed E-state index contributed by atoms with van der Waals surface area (Å²) in [7, 11) is 0. The zero-order valence-electron chi connectivity index (χ0n) is 10.7. The van der Waals surface area contributed by atoms with E-state index in [1.54, 1.807) is 0 Å². The van der Waals surface area contributed by atoms with Gasteiger partial charge < -0.3 is 15.6 Å². The Morgan fingerprint density at radius 2 is 2.00 bits per heavy atom. The van der Waals surface area contributed by atoms with Gasteiger partial charge in [-0.3, -0.25) is 0 Å². The Morgan fingerprint density at radius 3 is 2.45 bits per heavy atom. The van der Waals surface area contributed by atoms with Crippen LogP contribution < -0.4 is 5.73 Å². The van der Waals surface area contributed by atoms with Gasteiger partial charge in [0, 0.05) is 23.5 Å². The van der Waals surface area contributed by atoms with E-state index in [4.69, 9.17) is 10.5 Å². The number of aliphatic hydroxyl groups excluding tert-OH is 1. The summed E-state index contributed by atoms with van der Waals surface area (Å²) in [4.78, 5) is 0.0953. The third kappa shape index (κ3) is 3.46. The van der Waals surface area contributed by atoms with Crippen molar-refractivity contribution in [2.75, 3.05) is 19.8 Å². The van der Waals surface area contributed by atoms with Crippen LogP contribution in [0.1, 0.15) is 18.1 Å². The quantitative estimate of drug-likeness (QED) is 0.840. The molecule has 1 fully saturated rings. The molecule has 1 aliphatic rings. The van der Waals surface area contributed by atoms with Crippen LogP contribution in [0.5, 0.6) is 0 Å². The van der Waals surface area contributed by atoms with Crippen molar-refractivity contribution in [3.8, 4) is 0 Å². The minimum Gasteiger partial charge on any atom is -0.388 e. The lowest BCUT2D eigenvalue weighted by atomic mass is 9.78. The van der Waals surface area contributed by atoms with Gasteiger partial charge in [-0.25, -0.2) is 0 Å². The molecule has 0 saturated carbocycles. The predicted molar refractivity (Wildman–Crippen MR) is 70.2 cm³/mol. The summed E-state index contributed by atoms with van der Waals surface area (Å²) in [5.74, 6) is 0. The van der Waals surface area contributed by atoms with Gasteiger partial charge in [-0.1, -0.05) is 12.1 Å². The van der Waals surface area contributed by atoms with Crippen molar-refractivity contribution in [3.05, 3.63) is 29.8 Å². The highest BCUT2D eigenvalue weighted by molar-refractivity contribution is 8.00.